The Morgan fingerprint density at radius 3 is 2.70 bits per heavy atom. The van der Waals surface area contributed by atoms with Crippen LogP contribution in [0.25, 0.3) is 6.08 Å². The Labute approximate surface area is 183 Å². The number of carbonyl (C=O) groups excluding carboxylic acids is 1. The second-order valence-corrected chi connectivity index (χ2v) is 8.16. The molecule has 2 aliphatic heterocycles. The van der Waals surface area contributed by atoms with Gasteiger partial charge in [0.2, 0.25) is 5.17 Å². The van der Waals surface area contributed by atoms with Crippen molar-refractivity contribution < 1.29 is 9.53 Å². The molecule has 0 fully saturated rings. The van der Waals surface area contributed by atoms with Gasteiger partial charge in [-0.15, -0.1) is 0 Å². The third kappa shape index (κ3) is 4.32. The van der Waals surface area contributed by atoms with E-state index in [0.29, 0.717) is 22.5 Å². The van der Waals surface area contributed by atoms with E-state index >= 15 is 0 Å². The molecule has 2 aromatic rings. The Hall–Kier alpha value is -2.90. The smallest absolute Gasteiger partial charge is 0.283 e. The number of hydrogen-bond donors (Lipinski definition) is 1. The first-order valence-electron chi connectivity index (χ1n) is 9.50. The fourth-order valence-electron chi connectivity index (χ4n) is 2.95. The molecule has 0 atom stereocenters. The lowest BCUT2D eigenvalue weighted by atomic mass is 10.1. The molecule has 152 valence electrons. The maximum absolute atomic E-state index is 12.4. The van der Waals surface area contributed by atoms with Gasteiger partial charge < -0.3 is 4.74 Å². The molecular formula is C22H19ClN4O2S. The SMILES string of the molecule is CCCC1=NN2C(=N)/C(=C/c3ccc(OCc4ccccc4Cl)cc3)C(=O)N=C2S1. The predicted octanol–water partition coefficient (Wildman–Crippen LogP) is 5.34. The van der Waals surface area contributed by atoms with Crippen molar-refractivity contribution in [3.63, 3.8) is 0 Å². The number of nitrogens with zero attached hydrogens (tertiary/aromatic N) is 3. The average molecular weight is 439 g/mol. The molecule has 0 unspecified atom stereocenters. The van der Waals surface area contributed by atoms with Crippen LogP contribution in [0.3, 0.4) is 0 Å². The van der Waals surface area contributed by atoms with Crippen molar-refractivity contribution in [1.82, 2.24) is 5.01 Å². The molecule has 0 bridgehead atoms. The van der Waals surface area contributed by atoms with Gasteiger partial charge in [-0.1, -0.05) is 48.9 Å². The van der Waals surface area contributed by atoms with Gasteiger partial charge in [-0.05, 0) is 54.4 Å². The van der Waals surface area contributed by atoms with Crippen LogP contribution in [0, 0.1) is 5.41 Å². The number of nitrogens with one attached hydrogen (secondary N) is 1. The Morgan fingerprint density at radius 1 is 1.20 bits per heavy atom. The Kier molecular flexibility index (Phi) is 6.01. The molecular weight excluding hydrogens is 420 g/mol. The highest BCUT2D eigenvalue weighted by molar-refractivity contribution is 8.26. The highest BCUT2D eigenvalue weighted by Gasteiger charge is 2.35. The van der Waals surface area contributed by atoms with Crippen molar-refractivity contribution in [2.75, 3.05) is 0 Å². The molecule has 6 nitrogen and oxygen atoms in total. The quantitative estimate of drug-likeness (QED) is 0.617. The lowest BCUT2D eigenvalue weighted by Crippen LogP contribution is -2.35. The van der Waals surface area contributed by atoms with Gasteiger partial charge in [-0.25, -0.2) is 0 Å². The summed E-state index contributed by atoms with van der Waals surface area (Å²) in [5, 5.41) is 16.2. The number of carbonyl (C=O) groups is 1. The molecule has 30 heavy (non-hydrogen) atoms. The highest BCUT2D eigenvalue weighted by Crippen LogP contribution is 2.30. The van der Waals surface area contributed by atoms with Crippen molar-refractivity contribution in [2.45, 2.75) is 26.4 Å². The van der Waals surface area contributed by atoms with E-state index < -0.39 is 5.91 Å². The van der Waals surface area contributed by atoms with Crippen molar-refractivity contribution >= 4 is 51.4 Å². The van der Waals surface area contributed by atoms with Gasteiger partial charge in [-0.3, -0.25) is 10.2 Å². The number of hydrogen-bond acceptors (Lipinski definition) is 5. The van der Waals surface area contributed by atoms with Crippen molar-refractivity contribution in [3.8, 4) is 5.75 Å². The van der Waals surface area contributed by atoms with E-state index in [1.165, 1.54) is 16.8 Å². The van der Waals surface area contributed by atoms with Gasteiger partial charge in [0.15, 0.2) is 5.84 Å². The maximum atomic E-state index is 12.4. The van der Waals surface area contributed by atoms with Crippen LogP contribution in [0.15, 0.2) is 64.2 Å². The van der Waals surface area contributed by atoms with Gasteiger partial charge in [-0.2, -0.15) is 15.1 Å². The number of rotatable bonds is 6. The fraction of sp³-hybridized carbons (Fsp3) is 0.182. The van der Waals surface area contributed by atoms with Gasteiger partial charge in [0, 0.05) is 10.6 Å². The van der Waals surface area contributed by atoms with Gasteiger partial charge in [0.1, 0.15) is 17.4 Å². The normalized spacial score (nSPS) is 17.1. The van der Waals surface area contributed by atoms with E-state index in [0.717, 1.165) is 29.0 Å². The van der Waals surface area contributed by atoms with Crippen LogP contribution in [0.4, 0.5) is 0 Å². The third-order valence-electron chi connectivity index (χ3n) is 4.50. The first-order valence-corrected chi connectivity index (χ1v) is 10.7. The second-order valence-electron chi connectivity index (χ2n) is 6.71. The van der Waals surface area contributed by atoms with Crippen LogP contribution in [0.2, 0.25) is 5.02 Å². The molecule has 2 heterocycles. The summed E-state index contributed by atoms with van der Waals surface area (Å²) in [5.74, 6) is 0.306. The summed E-state index contributed by atoms with van der Waals surface area (Å²) in [6.07, 6.45) is 3.40. The van der Waals surface area contributed by atoms with Crippen molar-refractivity contribution in [2.24, 2.45) is 10.1 Å². The molecule has 0 radical (unpaired) electrons. The Bertz CT molecular complexity index is 1090. The zero-order valence-corrected chi connectivity index (χ0v) is 17.8. The van der Waals surface area contributed by atoms with E-state index in [2.05, 4.69) is 17.0 Å². The molecule has 0 aliphatic carbocycles. The molecule has 1 N–H and O–H groups in total. The summed E-state index contributed by atoms with van der Waals surface area (Å²) < 4.78 is 5.79. The van der Waals surface area contributed by atoms with Gasteiger partial charge in [0.25, 0.3) is 5.91 Å². The number of hydrazone groups is 1. The number of ether oxygens (including phenoxy) is 1. The van der Waals surface area contributed by atoms with Gasteiger partial charge in [0.05, 0.1) is 5.57 Å². The maximum Gasteiger partial charge on any atom is 0.283 e. The molecule has 0 spiro atoms. The number of aliphatic imine (C=N–C) groups is 1. The van der Waals surface area contributed by atoms with E-state index in [1.54, 1.807) is 6.08 Å². The summed E-state index contributed by atoms with van der Waals surface area (Å²) in [6, 6.07) is 14.8. The van der Waals surface area contributed by atoms with Gasteiger partial charge >= 0.3 is 0 Å². The van der Waals surface area contributed by atoms with Crippen LogP contribution < -0.4 is 4.74 Å². The predicted molar refractivity (Wildman–Crippen MR) is 122 cm³/mol. The van der Waals surface area contributed by atoms with E-state index in [9.17, 15) is 4.79 Å². The van der Waals surface area contributed by atoms with Crippen LogP contribution in [0.1, 0.15) is 30.9 Å². The molecule has 2 aromatic carbocycles. The summed E-state index contributed by atoms with van der Waals surface area (Å²) in [4.78, 5) is 16.5. The largest absolute Gasteiger partial charge is 0.489 e. The number of halogens is 1. The standard InChI is InChI=1S/C22H19ClN4O2S/c1-2-5-19-26-27-20(24)17(21(28)25-22(27)30-19)12-14-8-10-16(11-9-14)29-13-15-6-3-4-7-18(15)23/h3-4,6-12,24H,2,5,13H2,1H3/b17-12-,24-20?. The highest BCUT2D eigenvalue weighted by atomic mass is 35.5. The molecule has 0 saturated carbocycles. The summed E-state index contributed by atoms with van der Waals surface area (Å²) in [5.41, 5.74) is 1.90. The van der Waals surface area contributed by atoms with E-state index in [4.69, 9.17) is 21.7 Å². The topological polar surface area (TPSA) is 78.1 Å². The Morgan fingerprint density at radius 2 is 1.97 bits per heavy atom. The lowest BCUT2D eigenvalue weighted by Gasteiger charge is -2.20. The first kappa shape index (κ1) is 20.4. The minimum atomic E-state index is -0.425. The van der Waals surface area contributed by atoms with Crippen molar-refractivity contribution in [1.29, 1.82) is 5.41 Å². The number of thioether (sulfide) groups is 1. The van der Waals surface area contributed by atoms with E-state index in [-0.39, 0.29) is 11.4 Å². The number of amides is 1. The second kappa shape index (κ2) is 8.85. The molecule has 8 heteroatoms. The zero-order chi connectivity index (χ0) is 21.1. The van der Waals surface area contributed by atoms with Crippen LogP contribution in [0.5, 0.6) is 5.75 Å². The Balaban J connectivity index is 1.48. The average Bonchev–Trinajstić information content (AvgIpc) is 3.14. The van der Waals surface area contributed by atoms with Crippen LogP contribution >= 0.6 is 23.4 Å². The number of benzene rings is 2. The number of fused-ring (bicyclic) bond motifs is 1. The minimum absolute atomic E-state index is 0.0441. The first-order chi connectivity index (χ1) is 14.5. The fourth-order valence-corrected chi connectivity index (χ4v) is 4.13. The summed E-state index contributed by atoms with van der Waals surface area (Å²) in [6.45, 7) is 2.43. The van der Waals surface area contributed by atoms with Crippen molar-refractivity contribution in [3.05, 3.63) is 70.3 Å². The lowest BCUT2D eigenvalue weighted by molar-refractivity contribution is -0.114. The number of amidine groups is 2. The summed E-state index contributed by atoms with van der Waals surface area (Å²) in [7, 11) is 0. The van der Waals surface area contributed by atoms with Crippen LogP contribution in [-0.2, 0) is 11.4 Å². The molecule has 0 saturated heterocycles. The van der Waals surface area contributed by atoms with E-state index in [1.807, 2.05) is 48.5 Å². The minimum Gasteiger partial charge on any atom is -0.489 e. The summed E-state index contributed by atoms with van der Waals surface area (Å²) >= 11 is 7.50. The third-order valence-corrected chi connectivity index (χ3v) is 5.84. The molecule has 2 aliphatic rings. The zero-order valence-electron chi connectivity index (χ0n) is 16.3. The molecule has 0 aromatic heterocycles. The molecule has 1 amide bonds. The van der Waals surface area contributed by atoms with Crippen LogP contribution in [-0.4, -0.2) is 27.0 Å². The molecule has 4 rings (SSSR count). The monoisotopic (exact) mass is 438 g/mol.